The Morgan fingerprint density at radius 3 is 2.24 bits per heavy atom. The largest absolute Gasteiger partial charge is 0.497 e. The molecule has 4 rings (SSSR count). The number of methoxy groups -OCH3 is 1. The Kier molecular flexibility index (Phi) is 6.10. The maximum absolute atomic E-state index is 13.6. The highest BCUT2D eigenvalue weighted by molar-refractivity contribution is 6.09. The molecule has 0 saturated carbocycles. The number of rotatable bonds is 6. The van der Waals surface area contributed by atoms with E-state index in [1.54, 1.807) is 72.5 Å². The molecule has 0 fully saturated rings. The number of aromatic nitrogens is 2. The molecule has 3 aromatic rings. The molecule has 0 radical (unpaired) electrons. The number of nitrogens with zero attached hydrogens (tertiary/aromatic N) is 4. The summed E-state index contributed by atoms with van der Waals surface area (Å²) in [5.41, 5.74) is 2.47. The highest BCUT2D eigenvalue weighted by Gasteiger charge is 2.35. The Morgan fingerprint density at radius 1 is 1.06 bits per heavy atom. The first kappa shape index (κ1) is 23.0. The van der Waals surface area contributed by atoms with Gasteiger partial charge in [-0.2, -0.15) is 5.10 Å². The normalized spacial score (nSPS) is 13.1. The number of carbonyl (C=O) groups excluding carboxylic acids is 2. The van der Waals surface area contributed by atoms with Gasteiger partial charge in [0.25, 0.3) is 5.91 Å². The Morgan fingerprint density at radius 2 is 1.68 bits per heavy atom. The van der Waals surface area contributed by atoms with Crippen LogP contribution in [-0.2, 0) is 11.2 Å². The molecule has 1 aliphatic rings. The predicted octanol–water partition coefficient (Wildman–Crippen LogP) is 3.40. The molecule has 0 aliphatic carbocycles. The first-order chi connectivity index (χ1) is 16.2. The summed E-state index contributed by atoms with van der Waals surface area (Å²) in [6.07, 6.45) is 0.354. The van der Waals surface area contributed by atoms with E-state index in [9.17, 15) is 19.5 Å². The molecule has 2 heterocycles. The van der Waals surface area contributed by atoms with E-state index in [-0.39, 0.29) is 29.1 Å². The Hall–Kier alpha value is -4.14. The molecular weight excluding hydrogens is 436 g/mol. The molecule has 9 nitrogen and oxygen atoms in total. The van der Waals surface area contributed by atoms with E-state index in [4.69, 9.17) is 4.74 Å². The quantitative estimate of drug-likeness (QED) is 0.602. The minimum Gasteiger partial charge on any atom is -0.497 e. The summed E-state index contributed by atoms with van der Waals surface area (Å²) in [7, 11) is 3.27. The lowest BCUT2D eigenvalue weighted by Crippen LogP contribution is -2.39. The first-order valence-electron chi connectivity index (χ1n) is 10.9. The molecule has 1 N–H and O–H groups in total. The number of carbonyl (C=O) groups is 3. The summed E-state index contributed by atoms with van der Waals surface area (Å²) in [5, 5.41) is 13.9. The van der Waals surface area contributed by atoms with Gasteiger partial charge < -0.3 is 19.6 Å². The fourth-order valence-electron chi connectivity index (χ4n) is 4.06. The minimum atomic E-state index is -1.17. The predicted molar refractivity (Wildman–Crippen MR) is 127 cm³/mol. The number of carboxylic acid groups (broad SMARTS) is 1. The van der Waals surface area contributed by atoms with E-state index in [2.05, 4.69) is 5.10 Å². The smallest absolute Gasteiger partial charge is 0.356 e. The summed E-state index contributed by atoms with van der Waals surface area (Å²) in [6.45, 7) is 4.00. The minimum absolute atomic E-state index is 0.00367. The van der Waals surface area contributed by atoms with Crippen LogP contribution < -0.4 is 14.5 Å². The SMILES string of the molecule is COc1ccc(-n2nc(C(=O)O)c3c2C(=O)N(c2ccc(N(C)C(=O)C(C)C)cc2)CC3)cc1. The van der Waals surface area contributed by atoms with Crippen molar-refractivity contribution in [2.45, 2.75) is 20.3 Å². The number of benzene rings is 2. The van der Waals surface area contributed by atoms with Crippen LogP contribution in [0.3, 0.4) is 0 Å². The number of carboxylic acids is 1. The van der Waals surface area contributed by atoms with Crippen molar-refractivity contribution in [1.82, 2.24) is 9.78 Å². The number of hydrogen-bond donors (Lipinski definition) is 1. The van der Waals surface area contributed by atoms with Crippen molar-refractivity contribution in [2.24, 2.45) is 5.92 Å². The van der Waals surface area contributed by atoms with Crippen molar-refractivity contribution in [2.75, 3.05) is 30.5 Å². The van der Waals surface area contributed by atoms with Crippen LogP contribution in [-0.4, -0.2) is 53.4 Å². The topological polar surface area (TPSA) is 105 Å². The van der Waals surface area contributed by atoms with Gasteiger partial charge in [-0.25, -0.2) is 9.48 Å². The van der Waals surface area contributed by atoms with Crippen LogP contribution in [0.2, 0.25) is 0 Å². The molecule has 9 heteroatoms. The van der Waals surface area contributed by atoms with E-state index in [0.29, 0.717) is 35.7 Å². The van der Waals surface area contributed by atoms with Gasteiger partial charge in [0.05, 0.1) is 12.8 Å². The van der Waals surface area contributed by atoms with Gasteiger partial charge in [-0.3, -0.25) is 9.59 Å². The van der Waals surface area contributed by atoms with Crippen LogP contribution in [0.25, 0.3) is 5.69 Å². The average molecular weight is 463 g/mol. The maximum Gasteiger partial charge on any atom is 0.356 e. The van der Waals surface area contributed by atoms with E-state index in [1.807, 2.05) is 13.8 Å². The highest BCUT2D eigenvalue weighted by atomic mass is 16.5. The zero-order chi connectivity index (χ0) is 24.6. The first-order valence-corrected chi connectivity index (χ1v) is 10.9. The summed E-state index contributed by atoms with van der Waals surface area (Å²) < 4.78 is 6.57. The molecule has 2 amide bonds. The summed E-state index contributed by atoms with van der Waals surface area (Å²) in [5.74, 6) is -1.01. The zero-order valence-corrected chi connectivity index (χ0v) is 19.5. The van der Waals surface area contributed by atoms with Crippen molar-refractivity contribution < 1.29 is 24.2 Å². The van der Waals surface area contributed by atoms with Gasteiger partial charge in [0.15, 0.2) is 5.69 Å². The molecular formula is C25H26N4O5. The van der Waals surface area contributed by atoms with Gasteiger partial charge >= 0.3 is 5.97 Å². The highest BCUT2D eigenvalue weighted by Crippen LogP contribution is 2.30. The summed E-state index contributed by atoms with van der Waals surface area (Å²) in [6, 6.07) is 14.1. The van der Waals surface area contributed by atoms with Gasteiger partial charge in [-0.1, -0.05) is 13.8 Å². The molecule has 176 valence electrons. The lowest BCUT2D eigenvalue weighted by Gasteiger charge is -2.28. The van der Waals surface area contributed by atoms with Crippen LogP contribution in [0.5, 0.6) is 5.75 Å². The number of aromatic carboxylic acids is 1. The molecule has 0 spiro atoms. The fourth-order valence-corrected chi connectivity index (χ4v) is 4.06. The van der Waals surface area contributed by atoms with Crippen molar-refractivity contribution in [1.29, 1.82) is 0 Å². The van der Waals surface area contributed by atoms with E-state index < -0.39 is 5.97 Å². The maximum atomic E-state index is 13.6. The molecule has 1 aliphatic heterocycles. The van der Waals surface area contributed by atoms with E-state index in [1.165, 1.54) is 4.68 Å². The van der Waals surface area contributed by atoms with Crippen molar-refractivity contribution in [3.63, 3.8) is 0 Å². The molecule has 0 atom stereocenters. The molecule has 0 bridgehead atoms. The monoisotopic (exact) mass is 462 g/mol. The van der Waals surface area contributed by atoms with Gasteiger partial charge in [0.2, 0.25) is 5.91 Å². The van der Waals surface area contributed by atoms with E-state index >= 15 is 0 Å². The van der Waals surface area contributed by atoms with Crippen molar-refractivity contribution >= 4 is 29.2 Å². The second kappa shape index (κ2) is 9.01. The lowest BCUT2D eigenvalue weighted by atomic mass is 10.0. The van der Waals surface area contributed by atoms with Gasteiger partial charge in [0, 0.05) is 36.4 Å². The van der Waals surface area contributed by atoms with Crippen molar-refractivity contribution in [3.8, 4) is 11.4 Å². The molecule has 0 unspecified atom stereocenters. The third-order valence-corrected chi connectivity index (χ3v) is 5.91. The summed E-state index contributed by atoms with van der Waals surface area (Å²) in [4.78, 5) is 40.9. The van der Waals surface area contributed by atoms with Crippen LogP contribution in [0.15, 0.2) is 48.5 Å². The third kappa shape index (κ3) is 4.00. The van der Waals surface area contributed by atoms with Crippen molar-refractivity contribution in [3.05, 3.63) is 65.5 Å². The molecule has 1 aromatic heterocycles. The molecule has 0 saturated heterocycles. The summed E-state index contributed by atoms with van der Waals surface area (Å²) >= 11 is 0. The second-order valence-corrected chi connectivity index (χ2v) is 8.37. The number of anilines is 2. The van der Waals surface area contributed by atoms with Gasteiger partial charge in [-0.05, 0) is 55.0 Å². The Balaban J connectivity index is 1.70. The van der Waals surface area contributed by atoms with Crippen LogP contribution >= 0.6 is 0 Å². The zero-order valence-electron chi connectivity index (χ0n) is 19.5. The average Bonchev–Trinajstić information content (AvgIpc) is 3.24. The third-order valence-electron chi connectivity index (χ3n) is 5.91. The van der Waals surface area contributed by atoms with Gasteiger partial charge in [0.1, 0.15) is 11.4 Å². The Labute approximate surface area is 197 Å². The number of amides is 2. The second-order valence-electron chi connectivity index (χ2n) is 8.37. The number of hydrogen-bond acceptors (Lipinski definition) is 5. The van der Waals surface area contributed by atoms with Gasteiger partial charge in [-0.15, -0.1) is 0 Å². The van der Waals surface area contributed by atoms with Crippen LogP contribution in [0.4, 0.5) is 11.4 Å². The van der Waals surface area contributed by atoms with Crippen LogP contribution in [0, 0.1) is 5.92 Å². The lowest BCUT2D eigenvalue weighted by molar-refractivity contribution is -0.121. The van der Waals surface area contributed by atoms with Crippen LogP contribution in [0.1, 0.15) is 40.4 Å². The number of ether oxygens (including phenoxy) is 1. The molecule has 2 aromatic carbocycles. The Bertz CT molecular complexity index is 1250. The fraction of sp³-hybridized carbons (Fsp3) is 0.280. The number of fused-ring (bicyclic) bond motifs is 1. The van der Waals surface area contributed by atoms with E-state index in [0.717, 1.165) is 5.69 Å². The standard InChI is InChI=1S/C25H26N4O5/c1-15(2)23(30)27(3)16-5-7-17(8-6-16)28-14-13-20-21(25(32)33)26-29(22(20)24(28)31)18-9-11-19(34-4)12-10-18/h5-12,15H,13-14H2,1-4H3,(H,32,33). The molecule has 34 heavy (non-hydrogen) atoms.